The minimum atomic E-state index is -0.506. The van der Waals surface area contributed by atoms with Crippen molar-refractivity contribution in [1.82, 2.24) is 10.6 Å². The molecule has 1 aromatic rings. The summed E-state index contributed by atoms with van der Waals surface area (Å²) in [4.78, 5) is 22.5. The molecule has 2 N–H and O–H groups in total. The standard InChI is InChI=1S/C14H18N2O3/c1-11(2)13(17)15-8-9-19-14(18)16-10-12-6-4-3-5-7-12/h3-7H,1,8-10H2,2H3,(H,15,17)(H,16,18). The van der Waals surface area contributed by atoms with Crippen LogP contribution in [-0.2, 0) is 16.1 Å². The maximum Gasteiger partial charge on any atom is 0.407 e. The SMILES string of the molecule is C=C(C)C(=O)NCCOC(=O)NCc1ccccc1. The molecule has 5 nitrogen and oxygen atoms in total. The van der Waals surface area contributed by atoms with Gasteiger partial charge in [-0.3, -0.25) is 4.79 Å². The third-order valence-corrected chi connectivity index (χ3v) is 2.29. The summed E-state index contributed by atoms with van der Waals surface area (Å²) in [6.45, 7) is 5.92. The molecule has 0 aliphatic carbocycles. The first-order valence-electron chi connectivity index (χ1n) is 5.98. The van der Waals surface area contributed by atoms with Gasteiger partial charge in [-0.2, -0.15) is 0 Å². The number of alkyl carbamates (subject to hydrolysis) is 1. The fraction of sp³-hybridized carbons (Fsp3) is 0.286. The number of nitrogens with one attached hydrogen (secondary N) is 2. The van der Waals surface area contributed by atoms with E-state index in [-0.39, 0.29) is 19.1 Å². The highest BCUT2D eigenvalue weighted by molar-refractivity contribution is 5.92. The second-order valence-corrected chi connectivity index (χ2v) is 4.01. The maximum absolute atomic E-state index is 11.3. The molecule has 1 aromatic carbocycles. The van der Waals surface area contributed by atoms with E-state index < -0.39 is 6.09 Å². The molecule has 19 heavy (non-hydrogen) atoms. The molecule has 0 saturated carbocycles. The van der Waals surface area contributed by atoms with Crippen molar-refractivity contribution in [2.24, 2.45) is 0 Å². The number of hydrogen-bond acceptors (Lipinski definition) is 3. The average Bonchev–Trinajstić information content (AvgIpc) is 2.42. The third kappa shape index (κ3) is 6.26. The van der Waals surface area contributed by atoms with Crippen molar-refractivity contribution >= 4 is 12.0 Å². The fourth-order valence-electron chi connectivity index (χ4n) is 1.28. The Kier molecular flexibility index (Phi) is 6.15. The minimum absolute atomic E-state index is 0.125. The van der Waals surface area contributed by atoms with Gasteiger partial charge in [-0.15, -0.1) is 0 Å². The first kappa shape index (κ1) is 14.8. The van der Waals surface area contributed by atoms with Gasteiger partial charge in [0.1, 0.15) is 6.61 Å². The highest BCUT2D eigenvalue weighted by atomic mass is 16.5. The Morgan fingerprint density at radius 2 is 1.89 bits per heavy atom. The van der Waals surface area contributed by atoms with Crippen molar-refractivity contribution in [1.29, 1.82) is 0 Å². The number of carbonyl (C=O) groups is 2. The van der Waals surface area contributed by atoms with Crippen LogP contribution in [0.5, 0.6) is 0 Å². The molecule has 0 radical (unpaired) electrons. The zero-order chi connectivity index (χ0) is 14.1. The van der Waals surface area contributed by atoms with Crippen molar-refractivity contribution in [2.45, 2.75) is 13.5 Å². The number of carbonyl (C=O) groups excluding carboxylic acids is 2. The lowest BCUT2D eigenvalue weighted by Crippen LogP contribution is -2.31. The normalized spacial score (nSPS) is 9.53. The quantitative estimate of drug-likeness (QED) is 0.604. The van der Waals surface area contributed by atoms with Gasteiger partial charge in [-0.25, -0.2) is 4.79 Å². The van der Waals surface area contributed by atoms with Crippen LogP contribution in [0.4, 0.5) is 4.79 Å². The van der Waals surface area contributed by atoms with Gasteiger partial charge in [0, 0.05) is 12.1 Å². The van der Waals surface area contributed by atoms with Crippen LogP contribution in [0, 0.1) is 0 Å². The molecule has 5 heteroatoms. The lowest BCUT2D eigenvalue weighted by molar-refractivity contribution is -0.117. The summed E-state index contributed by atoms with van der Waals surface area (Å²) in [6.07, 6.45) is -0.506. The van der Waals surface area contributed by atoms with E-state index in [9.17, 15) is 9.59 Å². The van der Waals surface area contributed by atoms with Gasteiger partial charge in [0.25, 0.3) is 0 Å². The molecule has 0 bridgehead atoms. The van der Waals surface area contributed by atoms with Crippen molar-refractivity contribution in [3.63, 3.8) is 0 Å². The highest BCUT2D eigenvalue weighted by Crippen LogP contribution is 1.97. The van der Waals surface area contributed by atoms with E-state index in [0.717, 1.165) is 5.56 Å². The minimum Gasteiger partial charge on any atom is -0.448 e. The first-order chi connectivity index (χ1) is 9.09. The van der Waals surface area contributed by atoms with Gasteiger partial charge in [-0.05, 0) is 12.5 Å². The lowest BCUT2D eigenvalue weighted by atomic mass is 10.2. The van der Waals surface area contributed by atoms with Crippen LogP contribution in [0.25, 0.3) is 0 Å². The molecule has 0 spiro atoms. The van der Waals surface area contributed by atoms with Gasteiger partial charge >= 0.3 is 6.09 Å². The van der Waals surface area contributed by atoms with E-state index in [4.69, 9.17) is 4.74 Å². The zero-order valence-electron chi connectivity index (χ0n) is 10.9. The number of benzene rings is 1. The molecular weight excluding hydrogens is 244 g/mol. The van der Waals surface area contributed by atoms with Crippen molar-refractivity contribution < 1.29 is 14.3 Å². The molecule has 0 aliphatic rings. The Morgan fingerprint density at radius 1 is 1.21 bits per heavy atom. The molecule has 1 rings (SSSR count). The molecule has 0 aliphatic heterocycles. The summed E-state index contributed by atoms with van der Waals surface area (Å²) >= 11 is 0. The summed E-state index contributed by atoms with van der Waals surface area (Å²) in [7, 11) is 0. The van der Waals surface area contributed by atoms with Gasteiger partial charge in [0.05, 0.1) is 6.54 Å². The molecule has 2 amide bonds. The lowest BCUT2D eigenvalue weighted by Gasteiger charge is -2.08. The Morgan fingerprint density at radius 3 is 2.53 bits per heavy atom. The van der Waals surface area contributed by atoms with Crippen LogP contribution in [0.1, 0.15) is 12.5 Å². The van der Waals surface area contributed by atoms with E-state index >= 15 is 0 Å². The molecule has 102 valence electrons. The van der Waals surface area contributed by atoms with Crippen LogP contribution >= 0.6 is 0 Å². The first-order valence-corrected chi connectivity index (χ1v) is 5.98. The Balaban J connectivity index is 2.12. The second kappa shape index (κ2) is 7.92. The topological polar surface area (TPSA) is 67.4 Å². The van der Waals surface area contributed by atoms with E-state index in [1.807, 2.05) is 30.3 Å². The largest absolute Gasteiger partial charge is 0.448 e. The molecule has 0 unspecified atom stereocenters. The molecule has 0 atom stereocenters. The van der Waals surface area contributed by atoms with Gasteiger partial charge < -0.3 is 15.4 Å². The fourth-order valence-corrected chi connectivity index (χ4v) is 1.28. The Labute approximate surface area is 112 Å². The van der Waals surface area contributed by atoms with Crippen LogP contribution in [0.2, 0.25) is 0 Å². The zero-order valence-corrected chi connectivity index (χ0v) is 10.9. The van der Waals surface area contributed by atoms with E-state index in [2.05, 4.69) is 17.2 Å². The molecule has 0 aromatic heterocycles. The Bertz CT molecular complexity index is 443. The molecule has 0 saturated heterocycles. The predicted molar refractivity (Wildman–Crippen MR) is 72.5 cm³/mol. The molecule has 0 fully saturated rings. The summed E-state index contributed by atoms with van der Waals surface area (Å²) in [5, 5.41) is 5.19. The summed E-state index contributed by atoms with van der Waals surface area (Å²) < 4.78 is 4.90. The smallest absolute Gasteiger partial charge is 0.407 e. The van der Waals surface area contributed by atoms with Crippen LogP contribution in [0.3, 0.4) is 0 Å². The van der Waals surface area contributed by atoms with Gasteiger partial charge in [-0.1, -0.05) is 36.9 Å². The van der Waals surface area contributed by atoms with Crippen molar-refractivity contribution in [2.75, 3.05) is 13.2 Å². The number of rotatable bonds is 6. The Hall–Kier alpha value is -2.30. The number of amides is 2. The van der Waals surface area contributed by atoms with E-state index in [0.29, 0.717) is 12.1 Å². The van der Waals surface area contributed by atoms with E-state index in [1.165, 1.54) is 0 Å². The highest BCUT2D eigenvalue weighted by Gasteiger charge is 2.03. The second-order valence-electron chi connectivity index (χ2n) is 4.01. The maximum atomic E-state index is 11.3. The summed E-state index contributed by atoms with van der Waals surface area (Å²) in [6, 6.07) is 9.53. The van der Waals surface area contributed by atoms with Gasteiger partial charge in [0.2, 0.25) is 5.91 Å². The summed E-state index contributed by atoms with van der Waals surface area (Å²) in [5.74, 6) is -0.242. The van der Waals surface area contributed by atoms with Gasteiger partial charge in [0.15, 0.2) is 0 Å². The van der Waals surface area contributed by atoms with Crippen molar-refractivity contribution in [3.8, 4) is 0 Å². The van der Waals surface area contributed by atoms with Crippen LogP contribution < -0.4 is 10.6 Å². The average molecular weight is 262 g/mol. The monoisotopic (exact) mass is 262 g/mol. The predicted octanol–water partition coefficient (Wildman–Crippen LogP) is 1.61. The number of ether oxygens (including phenoxy) is 1. The molecule has 0 heterocycles. The van der Waals surface area contributed by atoms with Crippen LogP contribution in [0.15, 0.2) is 42.5 Å². The molecular formula is C14H18N2O3. The van der Waals surface area contributed by atoms with Crippen molar-refractivity contribution in [3.05, 3.63) is 48.0 Å². The third-order valence-electron chi connectivity index (χ3n) is 2.29. The van der Waals surface area contributed by atoms with Crippen LogP contribution in [-0.4, -0.2) is 25.2 Å². The van der Waals surface area contributed by atoms with E-state index in [1.54, 1.807) is 6.92 Å². The summed E-state index contributed by atoms with van der Waals surface area (Å²) in [5.41, 5.74) is 1.42. The number of hydrogen-bond donors (Lipinski definition) is 2.